The Morgan fingerprint density at radius 1 is 1.07 bits per heavy atom. The summed E-state index contributed by atoms with van der Waals surface area (Å²) in [6, 6.07) is 14.3. The molecule has 5 rings (SSSR count). The van der Waals surface area contributed by atoms with Gasteiger partial charge >= 0.3 is 0 Å². The van der Waals surface area contributed by atoms with Crippen molar-refractivity contribution in [3.8, 4) is 11.4 Å². The van der Waals surface area contributed by atoms with Gasteiger partial charge in [-0.25, -0.2) is 4.98 Å². The van der Waals surface area contributed by atoms with Crippen molar-refractivity contribution in [2.24, 2.45) is 5.92 Å². The minimum absolute atomic E-state index is 0.681. The lowest BCUT2D eigenvalue weighted by Crippen LogP contribution is -2.31. The summed E-state index contributed by atoms with van der Waals surface area (Å²) in [6.45, 7) is 3.16. The molecule has 1 fully saturated rings. The normalized spacial score (nSPS) is 15.3. The highest BCUT2D eigenvalue weighted by Gasteiger charge is 2.17. The van der Waals surface area contributed by atoms with Crippen LogP contribution in [-0.2, 0) is 0 Å². The fraction of sp³-hybridized carbons (Fsp3) is 0.273. The topological polar surface area (TPSA) is 65.6 Å². The molecule has 0 radical (unpaired) electrons. The number of hydrogen-bond donors (Lipinski definition) is 3. The van der Waals surface area contributed by atoms with Gasteiger partial charge in [0.1, 0.15) is 5.82 Å². The number of imidazole rings is 1. The van der Waals surface area contributed by atoms with Gasteiger partial charge in [0.25, 0.3) is 0 Å². The average Bonchev–Trinajstić information content (AvgIpc) is 3.16. The lowest BCUT2D eigenvalue weighted by atomic mass is 9.97. The van der Waals surface area contributed by atoms with Gasteiger partial charge in [0.15, 0.2) is 0 Å². The summed E-state index contributed by atoms with van der Waals surface area (Å²) in [5, 5.41) is 8.30. The summed E-state index contributed by atoms with van der Waals surface area (Å²) in [4.78, 5) is 13.0. The van der Waals surface area contributed by atoms with Gasteiger partial charge in [-0.15, -0.1) is 0 Å². The Kier molecular flexibility index (Phi) is 4.74. The maximum absolute atomic E-state index is 4.81. The number of pyridine rings is 1. The molecular formula is C22H22BrN5. The van der Waals surface area contributed by atoms with Gasteiger partial charge in [0, 0.05) is 22.6 Å². The first-order chi connectivity index (χ1) is 13.8. The Morgan fingerprint density at radius 3 is 2.79 bits per heavy atom. The van der Waals surface area contributed by atoms with E-state index in [1.54, 1.807) is 0 Å². The first kappa shape index (κ1) is 17.6. The summed E-state index contributed by atoms with van der Waals surface area (Å²) in [7, 11) is 0. The number of aromatic nitrogens is 3. The van der Waals surface area contributed by atoms with E-state index in [-0.39, 0.29) is 0 Å². The van der Waals surface area contributed by atoms with Crippen molar-refractivity contribution in [2.45, 2.75) is 12.8 Å². The molecule has 2 aromatic heterocycles. The standard InChI is InChI=1S/C22H22BrN5/c23-15-5-6-18-16(11-15)21(26-12-14-7-9-24-10-8-14)17(13-25-18)22-27-19-3-1-2-4-20(19)28-22/h1-6,11,13-14,24H,7-10,12H2,(H,25,26)(H,27,28). The predicted octanol–water partition coefficient (Wildman–Crippen LogP) is 4.95. The van der Waals surface area contributed by atoms with E-state index in [1.807, 2.05) is 30.5 Å². The average molecular weight is 436 g/mol. The van der Waals surface area contributed by atoms with E-state index >= 15 is 0 Å². The van der Waals surface area contributed by atoms with E-state index in [0.717, 1.165) is 63.1 Å². The lowest BCUT2D eigenvalue weighted by Gasteiger charge is -2.24. The molecule has 0 aliphatic carbocycles. The van der Waals surface area contributed by atoms with Gasteiger partial charge in [-0.2, -0.15) is 0 Å². The Bertz CT molecular complexity index is 1100. The number of nitrogens with one attached hydrogen (secondary N) is 3. The molecule has 1 aliphatic heterocycles. The number of fused-ring (bicyclic) bond motifs is 2. The molecule has 0 spiro atoms. The zero-order chi connectivity index (χ0) is 18.9. The molecule has 0 unspecified atom stereocenters. The first-order valence-electron chi connectivity index (χ1n) is 9.76. The molecule has 28 heavy (non-hydrogen) atoms. The molecule has 0 atom stereocenters. The van der Waals surface area contributed by atoms with Crippen molar-refractivity contribution in [1.29, 1.82) is 0 Å². The molecular weight excluding hydrogens is 414 g/mol. The first-order valence-corrected chi connectivity index (χ1v) is 10.6. The number of piperidine rings is 1. The van der Waals surface area contributed by atoms with Crippen LogP contribution in [0, 0.1) is 5.92 Å². The van der Waals surface area contributed by atoms with E-state index in [4.69, 9.17) is 9.97 Å². The molecule has 142 valence electrons. The molecule has 0 amide bonds. The summed E-state index contributed by atoms with van der Waals surface area (Å²) in [5.74, 6) is 1.53. The molecule has 0 bridgehead atoms. The molecule has 1 saturated heterocycles. The molecule has 1 aliphatic rings. The number of benzene rings is 2. The fourth-order valence-electron chi connectivity index (χ4n) is 3.95. The molecule has 6 heteroatoms. The maximum atomic E-state index is 4.81. The lowest BCUT2D eigenvalue weighted by molar-refractivity contribution is 0.390. The summed E-state index contributed by atoms with van der Waals surface area (Å²) < 4.78 is 1.05. The summed E-state index contributed by atoms with van der Waals surface area (Å²) in [6.07, 6.45) is 4.35. The highest BCUT2D eigenvalue weighted by Crippen LogP contribution is 2.35. The SMILES string of the molecule is Brc1ccc2ncc(-c3nc4ccccc4[nH]3)c(NCC3CCNCC3)c2c1. The number of nitrogens with zero attached hydrogens (tertiary/aromatic N) is 2. The van der Waals surface area contributed by atoms with E-state index in [9.17, 15) is 0 Å². The second-order valence-electron chi connectivity index (χ2n) is 7.39. The van der Waals surface area contributed by atoms with Crippen molar-refractivity contribution in [1.82, 2.24) is 20.3 Å². The van der Waals surface area contributed by atoms with Crippen LogP contribution in [0.2, 0.25) is 0 Å². The number of rotatable bonds is 4. The smallest absolute Gasteiger partial charge is 0.142 e. The molecule has 4 aromatic rings. The second-order valence-corrected chi connectivity index (χ2v) is 8.30. The molecule has 5 nitrogen and oxygen atoms in total. The third kappa shape index (κ3) is 3.38. The number of para-hydroxylation sites is 2. The zero-order valence-electron chi connectivity index (χ0n) is 15.5. The molecule has 0 saturated carbocycles. The van der Waals surface area contributed by atoms with Crippen LogP contribution in [0.25, 0.3) is 33.3 Å². The van der Waals surface area contributed by atoms with Crippen molar-refractivity contribution in [2.75, 3.05) is 25.0 Å². The highest BCUT2D eigenvalue weighted by molar-refractivity contribution is 9.10. The monoisotopic (exact) mass is 435 g/mol. The third-order valence-corrected chi connectivity index (χ3v) is 5.99. The van der Waals surface area contributed by atoms with Crippen LogP contribution in [0.1, 0.15) is 12.8 Å². The largest absolute Gasteiger partial charge is 0.384 e. The van der Waals surface area contributed by atoms with Crippen molar-refractivity contribution in [3.63, 3.8) is 0 Å². The minimum Gasteiger partial charge on any atom is -0.384 e. The number of halogens is 1. The van der Waals surface area contributed by atoms with Gasteiger partial charge < -0.3 is 15.6 Å². The minimum atomic E-state index is 0.681. The Morgan fingerprint density at radius 2 is 1.93 bits per heavy atom. The van der Waals surface area contributed by atoms with Crippen LogP contribution in [0.5, 0.6) is 0 Å². The van der Waals surface area contributed by atoms with Crippen LogP contribution in [0.4, 0.5) is 5.69 Å². The molecule has 2 aromatic carbocycles. The summed E-state index contributed by atoms with van der Waals surface area (Å²) >= 11 is 3.62. The number of anilines is 1. The fourth-order valence-corrected chi connectivity index (χ4v) is 4.31. The van der Waals surface area contributed by atoms with Crippen LogP contribution in [0.3, 0.4) is 0 Å². The molecule has 3 heterocycles. The Labute approximate surface area is 172 Å². The van der Waals surface area contributed by atoms with Crippen LogP contribution < -0.4 is 10.6 Å². The van der Waals surface area contributed by atoms with Gasteiger partial charge in [0.2, 0.25) is 0 Å². The van der Waals surface area contributed by atoms with Crippen molar-refractivity contribution < 1.29 is 0 Å². The number of hydrogen-bond acceptors (Lipinski definition) is 4. The van der Waals surface area contributed by atoms with Gasteiger partial charge in [-0.3, -0.25) is 4.98 Å². The second kappa shape index (κ2) is 7.53. The van der Waals surface area contributed by atoms with E-state index in [2.05, 4.69) is 49.7 Å². The van der Waals surface area contributed by atoms with Crippen molar-refractivity contribution >= 4 is 43.6 Å². The quantitative estimate of drug-likeness (QED) is 0.424. The number of H-pyrrole nitrogens is 1. The van der Waals surface area contributed by atoms with Crippen LogP contribution >= 0.6 is 15.9 Å². The van der Waals surface area contributed by atoms with Crippen molar-refractivity contribution in [3.05, 3.63) is 53.1 Å². The highest BCUT2D eigenvalue weighted by atomic mass is 79.9. The van der Waals surface area contributed by atoms with Gasteiger partial charge in [-0.1, -0.05) is 28.1 Å². The van der Waals surface area contributed by atoms with Gasteiger partial charge in [0.05, 0.1) is 27.8 Å². The molecule has 3 N–H and O–H groups in total. The van der Waals surface area contributed by atoms with E-state index < -0.39 is 0 Å². The number of aromatic amines is 1. The zero-order valence-corrected chi connectivity index (χ0v) is 17.1. The van der Waals surface area contributed by atoms with Gasteiger partial charge in [-0.05, 0) is 62.2 Å². The van der Waals surface area contributed by atoms with E-state index in [0.29, 0.717) is 5.92 Å². The maximum Gasteiger partial charge on any atom is 0.142 e. The Hall–Kier alpha value is -2.44. The van der Waals surface area contributed by atoms with Crippen LogP contribution in [-0.4, -0.2) is 34.6 Å². The summed E-state index contributed by atoms with van der Waals surface area (Å²) in [5.41, 5.74) is 5.10. The van der Waals surface area contributed by atoms with E-state index in [1.165, 1.54) is 12.8 Å². The van der Waals surface area contributed by atoms with Crippen LogP contribution in [0.15, 0.2) is 53.1 Å². The third-order valence-electron chi connectivity index (χ3n) is 5.50. The predicted molar refractivity (Wildman–Crippen MR) is 119 cm³/mol. The Balaban J connectivity index is 1.60.